The largest absolute Gasteiger partial charge is 0.181 e. The average Bonchev–Trinajstić information content (AvgIpc) is 2.47. The first-order valence-corrected chi connectivity index (χ1v) is 5.04. The van der Waals surface area contributed by atoms with E-state index in [9.17, 15) is 0 Å². The fourth-order valence-electron chi connectivity index (χ4n) is 2.03. The second-order valence-corrected chi connectivity index (χ2v) is 3.96. The third-order valence-corrected chi connectivity index (χ3v) is 3.15. The van der Waals surface area contributed by atoms with E-state index < -0.39 is 0 Å². The van der Waals surface area contributed by atoms with Gasteiger partial charge in [0.1, 0.15) is 6.04 Å². The molecule has 0 amide bonds. The second-order valence-electron chi connectivity index (χ2n) is 3.96. The Bertz CT molecular complexity index is 354. The van der Waals surface area contributed by atoms with Gasteiger partial charge in [0.05, 0.1) is 13.5 Å². The molecule has 2 heteroatoms. The number of rotatable bonds is 1. The van der Waals surface area contributed by atoms with E-state index in [0.717, 1.165) is 6.42 Å². The predicted molar refractivity (Wildman–Crippen MR) is 58.4 cm³/mol. The summed E-state index contributed by atoms with van der Waals surface area (Å²) in [4.78, 5) is 0. The number of benzene rings is 1. The lowest BCUT2D eigenvalue weighted by atomic mass is 10.0. The van der Waals surface area contributed by atoms with Gasteiger partial charge in [-0.25, -0.2) is 0 Å². The van der Waals surface area contributed by atoms with Crippen molar-refractivity contribution in [2.75, 3.05) is 14.1 Å². The number of hydrogen-bond acceptors (Lipinski definition) is 1. The van der Waals surface area contributed by atoms with Crippen LogP contribution in [0.5, 0.6) is 0 Å². The first-order chi connectivity index (χ1) is 6.70. The molecule has 0 radical (unpaired) electrons. The van der Waals surface area contributed by atoms with Gasteiger partial charge in [-0.15, -0.1) is 4.68 Å². The molecule has 1 atom stereocenters. The summed E-state index contributed by atoms with van der Waals surface area (Å²) in [6.07, 6.45) is 1.14. The third kappa shape index (κ3) is 1.41. The van der Waals surface area contributed by atoms with Crippen LogP contribution in [0.15, 0.2) is 30.3 Å². The van der Waals surface area contributed by atoms with E-state index in [2.05, 4.69) is 61.0 Å². The summed E-state index contributed by atoms with van der Waals surface area (Å²) in [6.45, 7) is 2.19. The van der Waals surface area contributed by atoms with Crippen LogP contribution < -0.4 is 0 Å². The Balaban J connectivity index is 2.25. The zero-order valence-electron chi connectivity index (χ0n) is 9.07. The predicted octanol–water partition coefficient (Wildman–Crippen LogP) is 2.08. The van der Waals surface area contributed by atoms with E-state index >= 15 is 0 Å². The van der Waals surface area contributed by atoms with Crippen LogP contribution in [0.2, 0.25) is 0 Å². The monoisotopic (exact) mass is 189 g/mol. The van der Waals surface area contributed by atoms with Gasteiger partial charge in [0.15, 0.2) is 12.8 Å². The number of hydrazine groups is 1. The maximum Gasteiger partial charge on any atom is 0.181 e. The van der Waals surface area contributed by atoms with Crippen LogP contribution in [0.4, 0.5) is 0 Å². The zero-order chi connectivity index (χ0) is 10.1. The molecule has 0 aromatic heterocycles. The van der Waals surface area contributed by atoms with Crippen molar-refractivity contribution in [2.24, 2.45) is 0 Å². The minimum Gasteiger partial charge on any atom is -0.181 e. The normalized spacial score (nSPS) is 21.9. The van der Waals surface area contributed by atoms with Crippen LogP contribution in [-0.2, 0) is 0 Å². The van der Waals surface area contributed by atoms with Crippen molar-refractivity contribution in [3.63, 3.8) is 0 Å². The number of hydrazone groups is 1. The quantitative estimate of drug-likeness (QED) is 0.613. The average molecular weight is 189 g/mol. The van der Waals surface area contributed by atoms with Crippen molar-refractivity contribution in [2.45, 2.75) is 19.4 Å². The molecule has 0 aliphatic carbocycles. The Morgan fingerprint density at radius 3 is 2.43 bits per heavy atom. The molecule has 0 spiro atoms. The van der Waals surface area contributed by atoms with Gasteiger partial charge in [0.25, 0.3) is 0 Å². The van der Waals surface area contributed by atoms with Gasteiger partial charge >= 0.3 is 0 Å². The molecule has 1 unspecified atom stereocenters. The Labute approximate surface area is 85.5 Å². The van der Waals surface area contributed by atoms with E-state index in [1.807, 2.05) is 0 Å². The molecule has 0 saturated heterocycles. The Kier molecular flexibility index (Phi) is 2.28. The summed E-state index contributed by atoms with van der Waals surface area (Å²) in [7, 11) is 4.27. The zero-order valence-corrected chi connectivity index (χ0v) is 9.07. The summed E-state index contributed by atoms with van der Waals surface area (Å²) < 4.78 is 2.23. The van der Waals surface area contributed by atoms with Crippen molar-refractivity contribution in [3.05, 3.63) is 35.9 Å². The minimum absolute atomic E-state index is 0.515. The molecule has 1 aliphatic heterocycles. The molecular formula is C12H17N2+. The SMILES string of the molecule is CC1=[N+](C)N(C)C(c2ccccc2)C1. The lowest BCUT2D eigenvalue weighted by Crippen LogP contribution is -2.26. The molecule has 0 fully saturated rings. The number of nitrogens with zero attached hydrogens (tertiary/aromatic N) is 2. The van der Waals surface area contributed by atoms with Crippen LogP contribution in [0.25, 0.3) is 0 Å². The third-order valence-electron chi connectivity index (χ3n) is 3.15. The first-order valence-electron chi connectivity index (χ1n) is 5.04. The highest BCUT2D eigenvalue weighted by atomic mass is 15.6. The molecule has 1 heterocycles. The maximum absolute atomic E-state index is 2.30. The summed E-state index contributed by atoms with van der Waals surface area (Å²) >= 11 is 0. The molecule has 2 nitrogen and oxygen atoms in total. The summed E-state index contributed by atoms with van der Waals surface area (Å²) in [5, 5.41) is 2.30. The molecule has 0 bridgehead atoms. The lowest BCUT2D eigenvalue weighted by molar-refractivity contribution is -0.660. The van der Waals surface area contributed by atoms with Crippen LogP contribution >= 0.6 is 0 Å². The van der Waals surface area contributed by atoms with Gasteiger partial charge < -0.3 is 0 Å². The number of hydrogen-bond donors (Lipinski definition) is 0. The van der Waals surface area contributed by atoms with Gasteiger partial charge in [-0.1, -0.05) is 30.3 Å². The molecule has 74 valence electrons. The fourth-order valence-corrected chi connectivity index (χ4v) is 2.03. The molecule has 1 aliphatic rings. The molecule has 2 rings (SSSR count). The van der Waals surface area contributed by atoms with E-state index in [1.165, 1.54) is 11.3 Å². The van der Waals surface area contributed by atoms with E-state index in [1.54, 1.807) is 0 Å². The molecule has 1 aromatic carbocycles. The maximum atomic E-state index is 2.30. The first kappa shape index (κ1) is 9.25. The topological polar surface area (TPSA) is 6.25 Å². The van der Waals surface area contributed by atoms with E-state index in [-0.39, 0.29) is 0 Å². The summed E-state index contributed by atoms with van der Waals surface area (Å²) in [5.74, 6) is 0. The smallest absolute Gasteiger partial charge is 0.181 e. The van der Waals surface area contributed by atoms with Crippen molar-refractivity contribution < 1.29 is 4.68 Å². The standard InChI is InChI=1S/C12H17N2/c1-10-9-12(14(3)13(10)2)11-7-5-4-6-8-11/h4-8,12H,9H2,1-3H3/q+1. The lowest BCUT2D eigenvalue weighted by Gasteiger charge is -2.17. The van der Waals surface area contributed by atoms with Crippen LogP contribution in [0.1, 0.15) is 24.9 Å². The molecule has 14 heavy (non-hydrogen) atoms. The Morgan fingerprint density at radius 1 is 1.29 bits per heavy atom. The Morgan fingerprint density at radius 2 is 1.93 bits per heavy atom. The molecular weight excluding hydrogens is 172 g/mol. The van der Waals surface area contributed by atoms with Gasteiger partial charge in [-0.2, -0.15) is 5.01 Å². The highest BCUT2D eigenvalue weighted by molar-refractivity contribution is 5.78. The van der Waals surface area contributed by atoms with Gasteiger partial charge in [-0.05, 0) is 5.56 Å². The molecule has 1 aromatic rings. The molecule has 0 saturated carbocycles. The second kappa shape index (κ2) is 3.45. The van der Waals surface area contributed by atoms with Crippen LogP contribution in [-0.4, -0.2) is 29.5 Å². The van der Waals surface area contributed by atoms with Gasteiger partial charge in [-0.3, -0.25) is 0 Å². The van der Waals surface area contributed by atoms with Crippen LogP contribution in [0, 0.1) is 0 Å². The van der Waals surface area contributed by atoms with Crippen molar-refractivity contribution in [1.82, 2.24) is 5.01 Å². The summed E-state index contributed by atoms with van der Waals surface area (Å²) in [5.41, 5.74) is 2.83. The highest BCUT2D eigenvalue weighted by Gasteiger charge is 2.32. The Hall–Kier alpha value is -1.31. The van der Waals surface area contributed by atoms with Crippen LogP contribution in [0.3, 0.4) is 0 Å². The molecule has 0 N–H and O–H groups in total. The highest BCUT2D eigenvalue weighted by Crippen LogP contribution is 2.27. The fraction of sp³-hybridized carbons (Fsp3) is 0.417. The van der Waals surface area contributed by atoms with Gasteiger partial charge in [0, 0.05) is 6.92 Å². The van der Waals surface area contributed by atoms with E-state index in [4.69, 9.17) is 0 Å². The van der Waals surface area contributed by atoms with Gasteiger partial charge in [0.2, 0.25) is 0 Å². The van der Waals surface area contributed by atoms with Crippen molar-refractivity contribution >= 4 is 5.71 Å². The minimum atomic E-state index is 0.515. The van der Waals surface area contributed by atoms with Crippen molar-refractivity contribution in [3.8, 4) is 0 Å². The van der Waals surface area contributed by atoms with Crippen molar-refractivity contribution in [1.29, 1.82) is 0 Å². The summed E-state index contributed by atoms with van der Waals surface area (Å²) in [6, 6.07) is 11.2. The van der Waals surface area contributed by atoms with E-state index in [0.29, 0.717) is 6.04 Å².